The molecule has 3 rings (SSSR count). The maximum atomic E-state index is 12.4. The summed E-state index contributed by atoms with van der Waals surface area (Å²) in [7, 11) is 0. The number of carbonyl (C=O) groups excluding carboxylic acids is 1. The summed E-state index contributed by atoms with van der Waals surface area (Å²) in [5.41, 5.74) is 0. The minimum absolute atomic E-state index is 0.00246. The molecule has 114 valence electrons. The van der Waals surface area contributed by atoms with Crippen molar-refractivity contribution in [3.8, 4) is 5.75 Å². The summed E-state index contributed by atoms with van der Waals surface area (Å²) < 4.78 is 16.7. The van der Waals surface area contributed by atoms with Gasteiger partial charge in [0.15, 0.2) is 12.9 Å². The lowest BCUT2D eigenvalue weighted by Crippen LogP contribution is -2.51. The number of rotatable bonds is 4. The van der Waals surface area contributed by atoms with E-state index in [0.29, 0.717) is 19.0 Å². The Morgan fingerprint density at radius 3 is 2.71 bits per heavy atom. The number of nitrogens with zero attached hydrogens (tertiary/aromatic N) is 1. The molecule has 0 aliphatic carbocycles. The summed E-state index contributed by atoms with van der Waals surface area (Å²) in [6.07, 6.45) is 2.80. The number of hydrogen-bond acceptors (Lipinski definition) is 4. The van der Waals surface area contributed by atoms with Crippen LogP contribution in [0, 0.1) is 0 Å². The highest BCUT2D eigenvalue weighted by molar-refractivity contribution is 5.78. The van der Waals surface area contributed by atoms with Gasteiger partial charge < -0.3 is 19.1 Å². The van der Waals surface area contributed by atoms with Crippen LogP contribution >= 0.6 is 0 Å². The Bertz CT molecular complexity index is 459. The molecule has 21 heavy (non-hydrogen) atoms. The molecule has 1 unspecified atom stereocenters. The summed E-state index contributed by atoms with van der Waals surface area (Å²) in [6.45, 7) is 2.05. The summed E-state index contributed by atoms with van der Waals surface area (Å²) in [5, 5.41) is 0. The van der Waals surface area contributed by atoms with Gasteiger partial charge in [0.1, 0.15) is 5.75 Å². The predicted octanol–water partition coefficient (Wildman–Crippen LogP) is 1.82. The monoisotopic (exact) mass is 291 g/mol. The Hall–Kier alpha value is -1.59. The summed E-state index contributed by atoms with van der Waals surface area (Å²) >= 11 is 0. The number of hydrogen-bond donors (Lipinski definition) is 0. The number of likely N-dealkylation sites (tertiary alicyclic amines) is 1. The van der Waals surface area contributed by atoms with Gasteiger partial charge in [-0.25, -0.2) is 0 Å². The zero-order chi connectivity index (χ0) is 14.5. The van der Waals surface area contributed by atoms with Gasteiger partial charge >= 0.3 is 0 Å². The summed E-state index contributed by atoms with van der Waals surface area (Å²) in [6, 6.07) is 9.43. The largest absolute Gasteiger partial charge is 0.484 e. The molecular formula is C16H21NO4. The standard InChI is InChI=1S/C16H21NO4/c18-15(12-21-13-6-2-1-3-7-13)17-9-5-4-8-14(17)16-19-10-11-20-16/h1-3,6-7,14,16H,4-5,8-12H2. The van der Waals surface area contributed by atoms with Gasteiger partial charge in [-0.3, -0.25) is 4.79 Å². The number of carbonyl (C=O) groups is 1. The van der Waals surface area contributed by atoms with Crippen LogP contribution < -0.4 is 4.74 Å². The van der Waals surface area contributed by atoms with E-state index in [-0.39, 0.29) is 24.8 Å². The minimum atomic E-state index is -0.272. The average Bonchev–Trinajstić information content (AvgIpc) is 3.08. The van der Waals surface area contributed by atoms with Crippen molar-refractivity contribution in [1.82, 2.24) is 4.90 Å². The molecule has 1 amide bonds. The molecule has 0 radical (unpaired) electrons. The van der Waals surface area contributed by atoms with Gasteiger partial charge in [-0.2, -0.15) is 0 Å². The molecule has 0 saturated carbocycles. The molecule has 2 aliphatic heterocycles. The Balaban J connectivity index is 1.58. The molecule has 2 saturated heterocycles. The molecule has 0 N–H and O–H groups in total. The van der Waals surface area contributed by atoms with Crippen molar-refractivity contribution in [2.45, 2.75) is 31.6 Å². The number of benzene rings is 1. The van der Waals surface area contributed by atoms with Gasteiger partial charge in [-0.05, 0) is 31.4 Å². The summed E-state index contributed by atoms with van der Waals surface area (Å²) in [4.78, 5) is 14.3. The molecule has 5 nitrogen and oxygen atoms in total. The van der Waals surface area contributed by atoms with Crippen LogP contribution in [-0.2, 0) is 14.3 Å². The van der Waals surface area contributed by atoms with Crippen LogP contribution in [0.15, 0.2) is 30.3 Å². The predicted molar refractivity (Wildman–Crippen MR) is 77.0 cm³/mol. The van der Waals surface area contributed by atoms with Crippen molar-refractivity contribution in [3.63, 3.8) is 0 Å². The first kappa shape index (κ1) is 14.4. The molecule has 0 spiro atoms. The number of ether oxygens (including phenoxy) is 3. The third-order valence-electron chi connectivity index (χ3n) is 3.94. The van der Waals surface area contributed by atoms with E-state index in [2.05, 4.69) is 0 Å². The fraction of sp³-hybridized carbons (Fsp3) is 0.562. The number of amides is 1. The first-order valence-electron chi connectivity index (χ1n) is 7.55. The third-order valence-corrected chi connectivity index (χ3v) is 3.94. The van der Waals surface area contributed by atoms with E-state index in [1.165, 1.54) is 0 Å². The second kappa shape index (κ2) is 6.91. The highest BCUT2D eigenvalue weighted by atomic mass is 16.7. The Labute approximate surface area is 124 Å². The molecule has 2 fully saturated rings. The van der Waals surface area contributed by atoms with E-state index in [1.54, 1.807) is 0 Å². The van der Waals surface area contributed by atoms with Crippen LogP contribution in [0.2, 0.25) is 0 Å². The molecule has 1 atom stereocenters. The normalized spacial score (nSPS) is 23.2. The average molecular weight is 291 g/mol. The fourth-order valence-corrected chi connectivity index (χ4v) is 2.89. The maximum Gasteiger partial charge on any atom is 0.260 e. The molecule has 1 aromatic rings. The molecular weight excluding hydrogens is 270 g/mol. The van der Waals surface area contributed by atoms with Crippen molar-refractivity contribution in [1.29, 1.82) is 0 Å². The van der Waals surface area contributed by atoms with Gasteiger partial charge in [-0.1, -0.05) is 18.2 Å². The summed E-state index contributed by atoms with van der Waals surface area (Å²) in [5.74, 6) is 0.718. The zero-order valence-corrected chi connectivity index (χ0v) is 12.1. The first-order valence-corrected chi connectivity index (χ1v) is 7.55. The quantitative estimate of drug-likeness (QED) is 0.849. The van der Waals surface area contributed by atoms with Crippen molar-refractivity contribution in [2.75, 3.05) is 26.4 Å². The zero-order valence-electron chi connectivity index (χ0n) is 12.1. The minimum Gasteiger partial charge on any atom is -0.484 e. The van der Waals surface area contributed by atoms with E-state index in [9.17, 15) is 4.79 Å². The topological polar surface area (TPSA) is 48.0 Å². The fourth-order valence-electron chi connectivity index (χ4n) is 2.89. The van der Waals surface area contributed by atoms with Gasteiger partial charge in [-0.15, -0.1) is 0 Å². The molecule has 0 bridgehead atoms. The van der Waals surface area contributed by atoms with Crippen LogP contribution in [0.4, 0.5) is 0 Å². The second-order valence-electron chi connectivity index (χ2n) is 5.36. The Morgan fingerprint density at radius 2 is 1.95 bits per heavy atom. The van der Waals surface area contributed by atoms with Crippen LogP contribution in [0.3, 0.4) is 0 Å². The van der Waals surface area contributed by atoms with Crippen molar-refractivity contribution < 1.29 is 19.0 Å². The van der Waals surface area contributed by atoms with Crippen molar-refractivity contribution >= 4 is 5.91 Å². The van der Waals surface area contributed by atoms with Gasteiger partial charge in [0, 0.05) is 6.54 Å². The highest BCUT2D eigenvalue weighted by Gasteiger charge is 2.36. The molecule has 2 aliphatic rings. The van der Waals surface area contributed by atoms with E-state index in [1.807, 2.05) is 35.2 Å². The first-order chi connectivity index (χ1) is 10.3. The molecule has 1 aromatic carbocycles. The van der Waals surface area contributed by atoms with Crippen LogP contribution in [-0.4, -0.2) is 49.5 Å². The van der Waals surface area contributed by atoms with Crippen molar-refractivity contribution in [3.05, 3.63) is 30.3 Å². The SMILES string of the molecule is O=C(COc1ccccc1)N1CCCCC1C1OCCO1. The Morgan fingerprint density at radius 1 is 1.19 bits per heavy atom. The van der Waals surface area contributed by atoms with Crippen LogP contribution in [0.5, 0.6) is 5.75 Å². The van der Waals surface area contributed by atoms with E-state index >= 15 is 0 Å². The van der Waals surface area contributed by atoms with Gasteiger partial charge in [0.05, 0.1) is 19.3 Å². The Kier molecular flexibility index (Phi) is 4.72. The van der Waals surface area contributed by atoms with E-state index in [0.717, 1.165) is 25.8 Å². The smallest absolute Gasteiger partial charge is 0.260 e. The number of para-hydroxylation sites is 1. The molecule has 2 heterocycles. The van der Waals surface area contributed by atoms with E-state index < -0.39 is 0 Å². The van der Waals surface area contributed by atoms with Crippen LogP contribution in [0.1, 0.15) is 19.3 Å². The van der Waals surface area contributed by atoms with Gasteiger partial charge in [0.25, 0.3) is 5.91 Å². The maximum absolute atomic E-state index is 12.4. The highest BCUT2D eigenvalue weighted by Crippen LogP contribution is 2.24. The second-order valence-corrected chi connectivity index (χ2v) is 5.36. The van der Waals surface area contributed by atoms with Crippen molar-refractivity contribution in [2.24, 2.45) is 0 Å². The lowest BCUT2D eigenvalue weighted by molar-refractivity contribution is -0.152. The van der Waals surface area contributed by atoms with Gasteiger partial charge in [0.2, 0.25) is 0 Å². The number of piperidine rings is 1. The van der Waals surface area contributed by atoms with Crippen LogP contribution in [0.25, 0.3) is 0 Å². The lowest BCUT2D eigenvalue weighted by Gasteiger charge is -2.37. The third kappa shape index (κ3) is 3.54. The lowest BCUT2D eigenvalue weighted by atomic mass is 10.0. The van der Waals surface area contributed by atoms with E-state index in [4.69, 9.17) is 14.2 Å². The molecule has 5 heteroatoms. The molecule has 0 aromatic heterocycles.